The predicted molar refractivity (Wildman–Crippen MR) is 74.0 cm³/mol. The van der Waals surface area contributed by atoms with E-state index in [0.29, 0.717) is 16.2 Å². The standard InChI is InChI=1S/C13H17ClO2S/c1-8(2)9(3)17-7-11-5-4-10(13(15)16)6-12(11)14/h4-6,8-9H,7H2,1-3H3,(H,15,16). The minimum Gasteiger partial charge on any atom is -0.478 e. The van der Waals surface area contributed by atoms with Gasteiger partial charge in [0.15, 0.2) is 0 Å². The summed E-state index contributed by atoms with van der Waals surface area (Å²) in [5.41, 5.74) is 1.23. The number of rotatable bonds is 5. The molecule has 17 heavy (non-hydrogen) atoms. The summed E-state index contributed by atoms with van der Waals surface area (Å²) in [7, 11) is 0. The van der Waals surface area contributed by atoms with Gasteiger partial charge in [-0.25, -0.2) is 4.79 Å². The van der Waals surface area contributed by atoms with Crippen molar-refractivity contribution in [2.24, 2.45) is 5.92 Å². The van der Waals surface area contributed by atoms with Gasteiger partial charge in [0, 0.05) is 16.0 Å². The van der Waals surface area contributed by atoms with Crippen LogP contribution in [-0.4, -0.2) is 16.3 Å². The quantitative estimate of drug-likeness (QED) is 0.868. The van der Waals surface area contributed by atoms with Gasteiger partial charge in [-0.05, 0) is 23.6 Å². The molecule has 2 nitrogen and oxygen atoms in total. The van der Waals surface area contributed by atoms with Crippen LogP contribution in [0.4, 0.5) is 0 Å². The summed E-state index contributed by atoms with van der Waals surface area (Å²) in [5.74, 6) is 0.497. The molecule has 0 heterocycles. The Morgan fingerprint density at radius 2 is 2.06 bits per heavy atom. The molecule has 0 radical (unpaired) electrons. The molecule has 0 aliphatic rings. The third-order valence-electron chi connectivity index (χ3n) is 2.74. The molecule has 0 fully saturated rings. The highest BCUT2D eigenvalue weighted by Gasteiger charge is 2.11. The highest BCUT2D eigenvalue weighted by atomic mass is 35.5. The van der Waals surface area contributed by atoms with E-state index in [1.165, 1.54) is 6.07 Å². The number of carbonyl (C=O) groups is 1. The van der Waals surface area contributed by atoms with Crippen LogP contribution < -0.4 is 0 Å². The predicted octanol–water partition coefficient (Wildman–Crippen LogP) is 4.32. The first-order valence-electron chi connectivity index (χ1n) is 5.55. The van der Waals surface area contributed by atoms with E-state index in [9.17, 15) is 4.79 Å². The van der Waals surface area contributed by atoms with Crippen molar-refractivity contribution < 1.29 is 9.90 Å². The van der Waals surface area contributed by atoms with E-state index in [1.54, 1.807) is 12.1 Å². The molecule has 0 aliphatic carbocycles. The Labute approximate surface area is 111 Å². The number of aromatic carboxylic acids is 1. The molecule has 1 atom stereocenters. The van der Waals surface area contributed by atoms with Gasteiger partial charge in [-0.1, -0.05) is 38.4 Å². The Balaban J connectivity index is 2.70. The molecule has 1 aromatic rings. The van der Waals surface area contributed by atoms with Crippen LogP contribution in [0.3, 0.4) is 0 Å². The summed E-state index contributed by atoms with van der Waals surface area (Å²) in [4.78, 5) is 10.8. The van der Waals surface area contributed by atoms with Crippen LogP contribution in [0.25, 0.3) is 0 Å². The molecule has 0 aromatic heterocycles. The fraction of sp³-hybridized carbons (Fsp3) is 0.462. The van der Waals surface area contributed by atoms with Crippen LogP contribution in [0.5, 0.6) is 0 Å². The maximum absolute atomic E-state index is 10.8. The zero-order valence-electron chi connectivity index (χ0n) is 10.2. The monoisotopic (exact) mass is 272 g/mol. The fourth-order valence-electron chi connectivity index (χ4n) is 1.21. The number of hydrogen-bond acceptors (Lipinski definition) is 2. The van der Waals surface area contributed by atoms with Crippen molar-refractivity contribution in [2.45, 2.75) is 31.8 Å². The highest BCUT2D eigenvalue weighted by Crippen LogP contribution is 2.27. The van der Waals surface area contributed by atoms with Crippen LogP contribution in [0.2, 0.25) is 5.02 Å². The average molecular weight is 273 g/mol. The van der Waals surface area contributed by atoms with Crippen LogP contribution in [0.15, 0.2) is 18.2 Å². The van der Waals surface area contributed by atoms with Crippen LogP contribution in [0.1, 0.15) is 36.7 Å². The van der Waals surface area contributed by atoms with Crippen molar-refractivity contribution in [3.05, 3.63) is 34.3 Å². The number of carboxylic acid groups (broad SMARTS) is 1. The van der Waals surface area contributed by atoms with Gasteiger partial charge in [0.1, 0.15) is 0 Å². The van der Waals surface area contributed by atoms with E-state index >= 15 is 0 Å². The Bertz CT molecular complexity index is 404. The molecule has 4 heteroatoms. The van der Waals surface area contributed by atoms with E-state index in [-0.39, 0.29) is 5.56 Å². The molecule has 0 spiro atoms. The lowest BCUT2D eigenvalue weighted by molar-refractivity contribution is 0.0697. The highest BCUT2D eigenvalue weighted by molar-refractivity contribution is 7.99. The summed E-state index contributed by atoms with van der Waals surface area (Å²) in [6.07, 6.45) is 0. The molecule has 0 amide bonds. The summed E-state index contributed by atoms with van der Waals surface area (Å²) in [5, 5.41) is 9.92. The third kappa shape index (κ3) is 4.25. The number of benzene rings is 1. The first-order chi connectivity index (χ1) is 7.91. The summed E-state index contributed by atoms with van der Waals surface area (Å²) in [6.45, 7) is 6.56. The Morgan fingerprint density at radius 3 is 2.53 bits per heavy atom. The lowest BCUT2D eigenvalue weighted by atomic mass is 10.1. The van der Waals surface area contributed by atoms with E-state index in [1.807, 2.05) is 11.8 Å². The first kappa shape index (κ1) is 14.4. The normalized spacial score (nSPS) is 12.8. The summed E-state index contributed by atoms with van der Waals surface area (Å²) >= 11 is 7.89. The minimum atomic E-state index is -0.943. The lowest BCUT2D eigenvalue weighted by Crippen LogP contribution is -2.06. The number of thioether (sulfide) groups is 1. The molecule has 1 unspecified atom stereocenters. The maximum atomic E-state index is 10.8. The van der Waals surface area contributed by atoms with E-state index in [4.69, 9.17) is 16.7 Å². The Hall–Kier alpha value is -0.670. The van der Waals surface area contributed by atoms with Gasteiger partial charge in [-0.2, -0.15) is 11.8 Å². The van der Waals surface area contributed by atoms with Crippen molar-refractivity contribution in [3.63, 3.8) is 0 Å². The smallest absolute Gasteiger partial charge is 0.335 e. The van der Waals surface area contributed by atoms with Gasteiger partial charge in [-0.15, -0.1) is 0 Å². The second-order valence-electron chi connectivity index (χ2n) is 4.37. The second kappa shape index (κ2) is 6.31. The van der Waals surface area contributed by atoms with Crippen molar-refractivity contribution in [1.29, 1.82) is 0 Å². The van der Waals surface area contributed by atoms with Crippen molar-refractivity contribution in [1.82, 2.24) is 0 Å². The van der Waals surface area contributed by atoms with Gasteiger partial charge in [0.05, 0.1) is 5.56 Å². The number of hydrogen-bond donors (Lipinski definition) is 1. The average Bonchev–Trinajstić information content (AvgIpc) is 2.26. The minimum absolute atomic E-state index is 0.237. The topological polar surface area (TPSA) is 37.3 Å². The zero-order valence-corrected chi connectivity index (χ0v) is 11.8. The molecular formula is C13H17ClO2S. The van der Waals surface area contributed by atoms with Gasteiger partial charge in [0.2, 0.25) is 0 Å². The lowest BCUT2D eigenvalue weighted by Gasteiger charge is -2.15. The van der Waals surface area contributed by atoms with Crippen LogP contribution >= 0.6 is 23.4 Å². The molecule has 94 valence electrons. The SMILES string of the molecule is CC(C)C(C)SCc1ccc(C(=O)O)cc1Cl. The molecule has 0 saturated heterocycles. The van der Waals surface area contributed by atoms with Crippen LogP contribution in [0, 0.1) is 5.92 Å². The van der Waals surface area contributed by atoms with E-state index < -0.39 is 5.97 Å². The number of halogens is 1. The Morgan fingerprint density at radius 1 is 1.41 bits per heavy atom. The van der Waals surface area contributed by atoms with Gasteiger partial charge in [-0.3, -0.25) is 0 Å². The molecular weight excluding hydrogens is 256 g/mol. The van der Waals surface area contributed by atoms with Crippen molar-refractivity contribution in [3.8, 4) is 0 Å². The number of carboxylic acids is 1. The molecule has 1 aromatic carbocycles. The Kier molecular flexibility index (Phi) is 5.34. The van der Waals surface area contributed by atoms with Gasteiger partial charge >= 0.3 is 5.97 Å². The second-order valence-corrected chi connectivity index (χ2v) is 6.14. The molecule has 0 aliphatic heterocycles. The van der Waals surface area contributed by atoms with E-state index in [0.717, 1.165) is 11.3 Å². The molecule has 0 saturated carbocycles. The molecule has 1 N–H and O–H groups in total. The largest absolute Gasteiger partial charge is 0.478 e. The molecule has 0 bridgehead atoms. The van der Waals surface area contributed by atoms with Gasteiger partial charge in [0.25, 0.3) is 0 Å². The maximum Gasteiger partial charge on any atom is 0.335 e. The third-order valence-corrected chi connectivity index (χ3v) is 4.64. The summed E-state index contributed by atoms with van der Waals surface area (Å²) in [6, 6.07) is 4.91. The zero-order chi connectivity index (χ0) is 13.0. The van der Waals surface area contributed by atoms with Crippen molar-refractivity contribution >= 4 is 29.3 Å². The van der Waals surface area contributed by atoms with E-state index in [2.05, 4.69) is 20.8 Å². The molecule has 1 rings (SSSR count). The van der Waals surface area contributed by atoms with Crippen molar-refractivity contribution in [2.75, 3.05) is 0 Å². The first-order valence-corrected chi connectivity index (χ1v) is 6.97. The van der Waals surface area contributed by atoms with Crippen LogP contribution in [-0.2, 0) is 5.75 Å². The summed E-state index contributed by atoms with van der Waals surface area (Å²) < 4.78 is 0. The van der Waals surface area contributed by atoms with Gasteiger partial charge < -0.3 is 5.11 Å². The fourth-order valence-corrected chi connectivity index (χ4v) is 2.62.